The molecule has 0 rings (SSSR count). The average Bonchev–Trinajstić information content (AvgIpc) is 2.01. The van der Waals surface area contributed by atoms with Crippen molar-refractivity contribution in [2.75, 3.05) is 0 Å². The van der Waals surface area contributed by atoms with E-state index in [1.54, 1.807) is 6.92 Å². The van der Waals surface area contributed by atoms with E-state index >= 15 is 0 Å². The lowest BCUT2D eigenvalue weighted by atomic mass is 10.1. The van der Waals surface area contributed by atoms with Crippen LogP contribution in [0.1, 0.15) is 27.2 Å². The molecule has 0 fully saturated rings. The Morgan fingerprint density at radius 1 is 1.43 bits per heavy atom. The van der Waals surface area contributed by atoms with E-state index in [0.29, 0.717) is 6.42 Å². The molecule has 0 amide bonds. The molecular weight excluding hydrogens is 211 g/mol. The highest BCUT2D eigenvalue weighted by atomic mass is 32.2. The van der Waals surface area contributed by atoms with E-state index in [-0.39, 0.29) is 10.8 Å². The van der Waals surface area contributed by atoms with E-state index in [9.17, 15) is 13.2 Å². The third-order valence-corrected chi connectivity index (χ3v) is 2.45. The summed E-state index contributed by atoms with van der Waals surface area (Å²) in [4.78, 5) is 0. The molecule has 0 aliphatic heterocycles. The Kier molecular flexibility index (Phi) is 5.59. The van der Waals surface area contributed by atoms with E-state index in [4.69, 9.17) is 0 Å². The number of hydrogen-bond donors (Lipinski definition) is 1. The van der Waals surface area contributed by atoms with Crippen LogP contribution in [0.2, 0.25) is 0 Å². The van der Waals surface area contributed by atoms with Crippen LogP contribution in [0.15, 0.2) is 12.2 Å². The highest BCUT2D eigenvalue weighted by Gasteiger charge is 2.40. The molecular formula is C9H16F3NS. The molecule has 0 aromatic carbocycles. The highest BCUT2D eigenvalue weighted by Crippen LogP contribution is 2.28. The maximum absolute atomic E-state index is 12.5. The Hall–Kier alpha value is -0.160. The van der Waals surface area contributed by atoms with E-state index in [1.807, 2.05) is 13.8 Å². The van der Waals surface area contributed by atoms with Crippen molar-refractivity contribution in [1.29, 1.82) is 0 Å². The van der Waals surface area contributed by atoms with Gasteiger partial charge in [-0.1, -0.05) is 44.9 Å². The predicted octanol–water partition coefficient (Wildman–Crippen LogP) is 3.53. The number of nitrogens with one attached hydrogen (secondary N) is 1. The Bertz CT molecular complexity index is 189. The van der Waals surface area contributed by atoms with Crippen LogP contribution in [-0.2, 0) is 0 Å². The molecule has 0 heterocycles. The van der Waals surface area contributed by atoms with Gasteiger partial charge in [-0.15, -0.1) is 0 Å². The zero-order chi connectivity index (χ0) is 11.4. The van der Waals surface area contributed by atoms with E-state index in [0.717, 1.165) is 11.9 Å². The lowest BCUT2D eigenvalue weighted by Crippen LogP contribution is -2.40. The van der Waals surface area contributed by atoms with Crippen molar-refractivity contribution in [1.82, 2.24) is 4.72 Å². The molecule has 0 aromatic heterocycles. The summed E-state index contributed by atoms with van der Waals surface area (Å²) in [6, 6.07) is -1.60. The predicted molar refractivity (Wildman–Crippen MR) is 55.1 cm³/mol. The molecule has 0 saturated carbocycles. The number of halogens is 3. The fraction of sp³-hybridized carbons (Fsp3) is 0.778. The van der Waals surface area contributed by atoms with Gasteiger partial charge in [0.15, 0.2) is 0 Å². The summed E-state index contributed by atoms with van der Waals surface area (Å²) in [5.74, 6) is 0. The smallest absolute Gasteiger partial charge is 0.248 e. The van der Waals surface area contributed by atoms with Gasteiger partial charge < -0.3 is 0 Å². The summed E-state index contributed by atoms with van der Waals surface area (Å²) in [5, 5.41) is 0.115. The molecule has 0 bridgehead atoms. The third-order valence-electron chi connectivity index (χ3n) is 1.61. The van der Waals surface area contributed by atoms with Crippen molar-refractivity contribution in [3.63, 3.8) is 0 Å². The van der Waals surface area contributed by atoms with Gasteiger partial charge in [0, 0.05) is 5.25 Å². The molecule has 0 aromatic rings. The molecule has 0 spiro atoms. The summed E-state index contributed by atoms with van der Waals surface area (Å²) in [5.41, 5.74) is 0.172. The fourth-order valence-corrected chi connectivity index (χ4v) is 1.50. The maximum Gasteiger partial charge on any atom is 0.408 e. The molecule has 1 unspecified atom stereocenters. The summed E-state index contributed by atoms with van der Waals surface area (Å²) < 4.78 is 39.8. The summed E-state index contributed by atoms with van der Waals surface area (Å²) in [7, 11) is 0. The van der Waals surface area contributed by atoms with Gasteiger partial charge in [-0.3, -0.25) is 0 Å². The normalized spacial score (nSPS) is 14.5. The second-order valence-corrected chi connectivity index (χ2v) is 4.69. The van der Waals surface area contributed by atoms with E-state index in [1.165, 1.54) is 0 Å². The summed E-state index contributed by atoms with van der Waals surface area (Å²) in [6.07, 6.45) is -3.93. The van der Waals surface area contributed by atoms with Gasteiger partial charge in [-0.2, -0.15) is 13.2 Å². The van der Waals surface area contributed by atoms with Crippen LogP contribution < -0.4 is 4.72 Å². The van der Waals surface area contributed by atoms with Crippen molar-refractivity contribution in [2.45, 2.75) is 44.7 Å². The molecule has 0 aliphatic rings. The first-order valence-corrected chi connectivity index (χ1v) is 5.32. The molecule has 0 aliphatic carbocycles. The maximum atomic E-state index is 12.5. The van der Waals surface area contributed by atoms with Gasteiger partial charge in [-0.25, -0.2) is 4.72 Å². The summed E-state index contributed by atoms with van der Waals surface area (Å²) >= 11 is 1.08. The van der Waals surface area contributed by atoms with Crippen LogP contribution in [-0.4, -0.2) is 17.5 Å². The lowest BCUT2D eigenvalue weighted by Gasteiger charge is -2.23. The van der Waals surface area contributed by atoms with Crippen molar-refractivity contribution in [3.8, 4) is 0 Å². The van der Waals surface area contributed by atoms with Crippen LogP contribution in [0, 0.1) is 0 Å². The molecule has 0 radical (unpaired) electrons. The zero-order valence-electron chi connectivity index (χ0n) is 8.61. The second-order valence-electron chi connectivity index (χ2n) is 3.27. The minimum atomic E-state index is -4.25. The van der Waals surface area contributed by atoms with Gasteiger partial charge >= 0.3 is 6.18 Å². The molecule has 14 heavy (non-hydrogen) atoms. The first kappa shape index (κ1) is 13.8. The zero-order valence-corrected chi connectivity index (χ0v) is 9.43. The SMILES string of the molecule is C=C(CC)C(NSC(C)C)C(F)(F)F. The van der Waals surface area contributed by atoms with Crippen molar-refractivity contribution < 1.29 is 13.2 Å². The fourth-order valence-electron chi connectivity index (χ4n) is 0.790. The molecule has 5 heteroatoms. The Balaban J connectivity index is 4.34. The molecule has 1 nitrogen and oxygen atoms in total. The molecule has 0 saturated heterocycles. The van der Waals surface area contributed by atoms with Crippen LogP contribution in [0.3, 0.4) is 0 Å². The summed E-state index contributed by atoms with van der Waals surface area (Å²) in [6.45, 7) is 8.76. The monoisotopic (exact) mass is 227 g/mol. The Labute approximate surface area is 87.3 Å². The van der Waals surface area contributed by atoms with E-state index < -0.39 is 12.2 Å². The van der Waals surface area contributed by atoms with Crippen LogP contribution in [0.5, 0.6) is 0 Å². The van der Waals surface area contributed by atoms with Crippen LogP contribution >= 0.6 is 11.9 Å². The largest absolute Gasteiger partial charge is 0.408 e. The lowest BCUT2D eigenvalue weighted by molar-refractivity contribution is -0.142. The molecule has 1 atom stereocenters. The number of rotatable bonds is 5. The molecule has 1 N–H and O–H groups in total. The highest BCUT2D eigenvalue weighted by molar-refractivity contribution is 7.98. The van der Waals surface area contributed by atoms with Crippen molar-refractivity contribution >= 4 is 11.9 Å². The van der Waals surface area contributed by atoms with Crippen LogP contribution in [0.4, 0.5) is 13.2 Å². The quantitative estimate of drug-likeness (QED) is 0.569. The standard InChI is InChI=1S/C9H16F3NS/c1-5-7(4)8(9(10,11)12)13-14-6(2)3/h6,8,13H,4-5H2,1-3H3. The van der Waals surface area contributed by atoms with Gasteiger partial charge in [0.1, 0.15) is 6.04 Å². The number of alkyl halides is 3. The minimum Gasteiger partial charge on any atom is -0.248 e. The number of hydrogen-bond acceptors (Lipinski definition) is 2. The van der Waals surface area contributed by atoms with E-state index in [2.05, 4.69) is 11.3 Å². The average molecular weight is 227 g/mol. The van der Waals surface area contributed by atoms with Crippen molar-refractivity contribution in [2.24, 2.45) is 0 Å². The minimum absolute atomic E-state index is 0.115. The van der Waals surface area contributed by atoms with Crippen LogP contribution in [0.25, 0.3) is 0 Å². The van der Waals surface area contributed by atoms with Crippen molar-refractivity contribution in [3.05, 3.63) is 12.2 Å². The Morgan fingerprint density at radius 3 is 2.21 bits per heavy atom. The van der Waals surface area contributed by atoms with Gasteiger partial charge in [0.25, 0.3) is 0 Å². The van der Waals surface area contributed by atoms with Gasteiger partial charge in [0.2, 0.25) is 0 Å². The van der Waals surface area contributed by atoms with Gasteiger partial charge in [-0.05, 0) is 6.42 Å². The Morgan fingerprint density at radius 2 is 1.93 bits per heavy atom. The topological polar surface area (TPSA) is 12.0 Å². The van der Waals surface area contributed by atoms with Gasteiger partial charge in [0.05, 0.1) is 0 Å². The first-order chi connectivity index (χ1) is 6.29. The molecule has 84 valence electrons. The third kappa shape index (κ3) is 4.91. The second kappa shape index (κ2) is 5.66. The first-order valence-electron chi connectivity index (χ1n) is 4.44.